The molecule has 0 spiro atoms. The number of hydrogen-bond acceptors (Lipinski definition) is 3. The molecular formula is C20H27N3O2. The molecule has 1 atom stereocenters. The predicted octanol–water partition coefficient (Wildman–Crippen LogP) is 2.59. The quantitative estimate of drug-likeness (QED) is 0.865. The first-order chi connectivity index (χ1) is 12.0. The van der Waals surface area contributed by atoms with Crippen molar-refractivity contribution in [1.29, 1.82) is 0 Å². The number of nitrogens with one attached hydrogen (secondary N) is 2. The Labute approximate surface area is 149 Å². The fraction of sp³-hybridized carbons (Fsp3) is 0.650. The molecule has 1 unspecified atom stereocenters. The van der Waals surface area contributed by atoms with Gasteiger partial charge < -0.3 is 10.6 Å². The van der Waals surface area contributed by atoms with Gasteiger partial charge in [0.05, 0.1) is 12.6 Å². The van der Waals surface area contributed by atoms with Crippen molar-refractivity contribution in [3.63, 3.8) is 0 Å². The van der Waals surface area contributed by atoms with Crippen molar-refractivity contribution in [2.24, 2.45) is 23.2 Å². The molecule has 1 aromatic heterocycles. The monoisotopic (exact) mass is 341 g/mol. The molecule has 1 heterocycles. The van der Waals surface area contributed by atoms with Crippen LogP contribution in [0.3, 0.4) is 0 Å². The number of carbonyl (C=O) groups excluding carboxylic acids is 2. The lowest BCUT2D eigenvalue weighted by molar-refractivity contribution is -0.147. The average Bonchev–Trinajstić information content (AvgIpc) is 2.59. The van der Waals surface area contributed by atoms with Gasteiger partial charge in [0.2, 0.25) is 11.8 Å². The number of rotatable bonds is 5. The van der Waals surface area contributed by atoms with Gasteiger partial charge in [-0.15, -0.1) is 0 Å². The van der Waals surface area contributed by atoms with Crippen molar-refractivity contribution >= 4 is 11.8 Å². The summed E-state index contributed by atoms with van der Waals surface area (Å²) >= 11 is 0. The van der Waals surface area contributed by atoms with Gasteiger partial charge in [-0.2, -0.15) is 0 Å². The fourth-order valence-electron chi connectivity index (χ4n) is 5.76. The van der Waals surface area contributed by atoms with E-state index in [1.165, 1.54) is 19.3 Å². The van der Waals surface area contributed by atoms with Gasteiger partial charge in [-0.3, -0.25) is 14.6 Å². The topological polar surface area (TPSA) is 71.1 Å². The Morgan fingerprint density at radius 1 is 1.12 bits per heavy atom. The molecule has 134 valence electrons. The summed E-state index contributed by atoms with van der Waals surface area (Å²) in [6, 6.07) is 3.68. The summed E-state index contributed by atoms with van der Waals surface area (Å²) in [5.74, 6) is 2.17. The van der Waals surface area contributed by atoms with Crippen molar-refractivity contribution in [1.82, 2.24) is 15.6 Å². The van der Waals surface area contributed by atoms with E-state index < -0.39 is 0 Å². The van der Waals surface area contributed by atoms with Crippen molar-refractivity contribution in [2.75, 3.05) is 6.54 Å². The minimum atomic E-state index is -0.189. The molecule has 4 bridgehead atoms. The van der Waals surface area contributed by atoms with Crippen molar-refractivity contribution in [3.05, 3.63) is 30.1 Å². The highest BCUT2D eigenvalue weighted by atomic mass is 16.2. The second kappa shape index (κ2) is 6.43. The van der Waals surface area contributed by atoms with Crippen LogP contribution in [0.25, 0.3) is 0 Å². The van der Waals surface area contributed by atoms with Crippen LogP contribution in [0, 0.1) is 23.2 Å². The van der Waals surface area contributed by atoms with Gasteiger partial charge in [0.15, 0.2) is 0 Å². The Morgan fingerprint density at radius 2 is 1.68 bits per heavy atom. The van der Waals surface area contributed by atoms with Crippen LogP contribution in [-0.2, 0) is 9.59 Å². The summed E-state index contributed by atoms with van der Waals surface area (Å²) in [4.78, 5) is 29.1. The molecule has 4 aliphatic carbocycles. The van der Waals surface area contributed by atoms with Gasteiger partial charge in [0.1, 0.15) is 0 Å². The van der Waals surface area contributed by atoms with E-state index in [2.05, 4.69) is 15.6 Å². The van der Waals surface area contributed by atoms with Gasteiger partial charge in [-0.05, 0) is 80.9 Å². The smallest absolute Gasteiger partial charge is 0.239 e. The Hall–Kier alpha value is -1.91. The third kappa shape index (κ3) is 3.29. The van der Waals surface area contributed by atoms with Gasteiger partial charge in [-0.1, -0.05) is 0 Å². The standard InChI is InChI=1S/C20H27N3O2/c1-13(17-2-4-21-5-3-17)23-18(24)12-22-19(25)20-9-14-6-15(10-20)8-16(7-14)11-20/h2-5,13-16H,6-12H2,1H3,(H,22,25)(H,23,24). The predicted molar refractivity (Wildman–Crippen MR) is 94.4 cm³/mol. The number of amides is 2. The molecule has 0 aromatic carbocycles. The Balaban J connectivity index is 1.31. The minimum absolute atomic E-state index is 0.0655. The summed E-state index contributed by atoms with van der Waals surface area (Å²) in [6.45, 7) is 2.00. The molecule has 5 heteroatoms. The third-order valence-corrected chi connectivity index (χ3v) is 6.51. The van der Waals surface area contributed by atoms with Crippen LogP contribution in [0.2, 0.25) is 0 Å². The molecule has 5 rings (SSSR count). The van der Waals surface area contributed by atoms with E-state index in [0.717, 1.165) is 42.6 Å². The van der Waals surface area contributed by atoms with Gasteiger partial charge >= 0.3 is 0 Å². The second-order valence-electron chi connectivity index (χ2n) is 8.45. The lowest BCUT2D eigenvalue weighted by Gasteiger charge is -2.55. The summed E-state index contributed by atoms with van der Waals surface area (Å²) in [5.41, 5.74) is 0.821. The Kier molecular flexibility index (Phi) is 4.26. The fourth-order valence-corrected chi connectivity index (χ4v) is 5.76. The zero-order chi connectivity index (χ0) is 17.4. The number of pyridine rings is 1. The highest BCUT2D eigenvalue weighted by Crippen LogP contribution is 2.60. The summed E-state index contributed by atoms with van der Waals surface area (Å²) < 4.78 is 0. The Bertz CT molecular complexity index is 623. The SMILES string of the molecule is CC(NC(=O)CNC(=O)C12CC3CC(CC(C3)C1)C2)c1ccncc1. The molecule has 4 fully saturated rings. The van der Waals surface area contributed by atoms with Crippen LogP contribution in [0.15, 0.2) is 24.5 Å². The highest BCUT2D eigenvalue weighted by molar-refractivity contribution is 5.88. The zero-order valence-corrected chi connectivity index (χ0v) is 14.8. The van der Waals surface area contributed by atoms with Crippen LogP contribution in [0.5, 0.6) is 0 Å². The third-order valence-electron chi connectivity index (χ3n) is 6.51. The molecule has 0 aliphatic heterocycles. The van der Waals surface area contributed by atoms with Crippen LogP contribution in [-0.4, -0.2) is 23.3 Å². The Morgan fingerprint density at radius 3 is 2.24 bits per heavy atom. The van der Waals surface area contributed by atoms with Gasteiger partial charge in [0, 0.05) is 17.8 Å². The largest absolute Gasteiger partial charge is 0.348 e. The van der Waals surface area contributed by atoms with Crippen LogP contribution < -0.4 is 10.6 Å². The van der Waals surface area contributed by atoms with E-state index in [9.17, 15) is 9.59 Å². The normalized spacial score (nSPS) is 33.7. The van der Waals surface area contributed by atoms with Crippen LogP contribution >= 0.6 is 0 Å². The molecule has 0 saturated heterocycles. The van der Waals surface area contributed by atoms with Crippen molar-refractivity contribution in [2.45, 2.75) is 51.5 Å². The minimum Gasteiger partial charge on any atom is -0.348 e. The van der Waals surface area contributed by atoms with E-state index in [1.807, 2.05) is 19.1 Å². The molecule has 4 aliphatic rings. The molecule has 0 radical (unpaired) electrons. The molecule has 2 amide bonds. The summed E-state index contributed by atoms with van der Waals surface area (Å²) in [5, 5.41) is 5.88. The van der Waals surface area contributed by atoms with E-state index in [0.29, 0.717) is 0 Å². The number of hydrogen-bond donors (Lipinski definition) is 2. The first-order valence-corrected chi connectivity index (χ1v) is 9.52. The van der Waals surface area contributed by atoms with Crippen molar-refractivity contribution in [3.8, 4) is 0 Å². The van der Waals surface area contributed by atoms with E-state index in [1.54, 1.807) is 12.4 Å². The lowest BCUT2D eigenvalue weighted by Crippen LogP contribution is -2.54. The van der Waals surface area contributed by atoms with E-state index >= 15 is 0 Å². The highest BCUT2D eigenvalue weighted by Gasteiger charge is 2.54. The van der Waals surface area contributed by atoms with E-state index in [-0.39, 0.29) is 29.8 Å². The van der Waals surface area contributed by atoms with Crippen molar-refractivity contribution < 1.29 is 9.59 Å². The average molecular weight is 341 g/mol. The molecule has 1 aromatic rings. The van der Waals surface area contributed by atoms with Crippen LogP contribution in [0.4, 0.5) is 0 Å². The first-order valence-electron chi connectivity index (χ1n) is 9.52. The lowest BCUT2D eigenvalue weighted by atomic mass is 9.49. The van der Waals surface area contributed by atoms with Gasteiger partial charge in [0.25, 0.3) is 0 Å². The maximum absolute atomic E-state index is 12.9. The first kappa shape index (κ1) is 16.6. The number of carbonyl (C=O) groups is 2. The molecule has 4 saturated carbocycles. The van der Waals surface area contributed by atoms with E-state index in [4.69, 9.17) is 0 Å². The molecule has 5 nitrogen and oxygen atoms in total. The maximum Gasteiger partial charge on any atom is 0.239 e. The number of nitrogens with zero attached hydrogens (tertiary/aromatic N) is 1. The maximum atomic E-state index is 12.9. The second-order valence-corrected chi connectivity index (χ2v) is 8.45. The number of aromatic nitrogens is 1. The van der Waals surface area contributed by atoms with Gasteiger partial charge in [-0.25, -0.2) is 0 Å². The molecular weight excluding hydrogens is 314 g/mol. The summed E-state index contributed by atoms with van der Waals surface area (Å²) in [6.07, 6.45) is 10.5. The summed E-state index contributed by atoms with van der Waals surface area (Å²) in [7, 11) is 0. The van der Waals surface area contributed by atoms with Crippen LogP contribution in [0.1, 0.15) is 57.1 Å². The zero-order valence-electron chi connectivity index (χ0n) is 14.8. The molecule has 25 heavy (non-hydrogen) atoms. The molecule has 2 N–H and O–H groups in total.